The van der Waals surface area contributed by atoms with Crippen LogP contribution < -0.4 is 10.1 Å². The third-order valence-corrected chi connectivity index (χ3v) is 4.09. The fourth-order valence-corrected chi connectivity index (χ4v) is 2.67. The van der Waals surface area contributed by atoms with E-state index >= 15 is 0 Å². The minimum Gasteiger partial charge on any atom is -0.495 e. The van der Waals surface area contributed by atoms with E-state index in [1.54, 1.807) is 54.6 Å². The predicted molar refractivity (Wildman–Crippen MR) is 102 cm³/mol. The molecular weight excluding hydrogens is 350 g/mol. The van der Waals surface area contributed by atoms with Crippen LogP contribution in [0.4, 0.5) is 5.69 Å². The summed E-state index contributed by atoms with van der Waals surface area (Å²) in [5.41, 5.74) is 2.03. The maximum absolute atomic E-state index is 12.4. The average Bonchev–Trinajstić information content (AvgIpc) is 2.68. The van der Waals surface area contributed by atoms with Crippen molar-refractivity contribution in [3.8, 4) is 5.75 Å². The molecule has 3 rings (SSSR count). The molecule has 0 aromatic heterocycles. The standard InChI is InChI=1S/C21H16ClNO3/c1-26-19-12-11-17(22)13-18(19)23-21(25)16-9-7-15(8-10-16)20(24)14-5-3-2-4-6-14/h2-13H,1H3,(H,23,25). The Balaban J connectivity index is 1.77. The zero-order valence-corrected chi connectivity index (χ0v) is 14.8. The number of hydrogen-bond acceptors (Lipinski definition) is 3. The number of carbonyl (C=O) groups excluding carboxylic acids is 2. The fourth-order valence-electron chi connectivity index (χ4n) is 2.50. The van der Waals surface area contributed by atoms with E-state index in [-0.39, 0.29) is 11.7 Å². The number of carbonyl (C=O) groups is 2. The van der Waals surface area contributed by atoms with Crippen molar-refractivity contribution in [2.75, 3.05) is 12.4 Å². The second-order valence-electron chi connectivity index (χ2n) is 5.57. The lowest BCUT2D eigenvalue weighted by molar-refractivity contribution is 0.102. The van der Waals surface area contributed by atoms with Crippen LogP contribution in [-0.2, 0) is 0 Å². The van der Waals surface area contributed by atoms with Gasteiger partial charge in [0.1, 0.15) is 5.75 Å². The van der Waals surface area contributed by atoms with E-state index in [1.165, 1.54) is 7.11 Å². The van der Waals surface area contributed by atoms with Gasteiger partial charge in [-0.15, -0.1) is 0 Å². The molecule has 0 heterocycles. The van der Waals surface area contributed by atoms with E-state index in [9.17, 15) is 9.59 Å². The quantitative estimate of drug-likeness (QED) is 0.659. The van der Waals surface area contributed by atoms with E-state index in [0.717, 1.165) is 0 Å². The summed E-state index contributed by atoms with van der Waals surface area (Å²) in [5, 5.41) is 3.26. The van der Waals surface area contributed by atoms with Crippen LogP contribution in [0.3, 0.4) is 0 Å². The molecule has 0 aliphatic heterocycles. The van der Waals surface area contributed by atoms with Crippen LogP contribution in [0.1, 0.15) is 26.3 Å². The van der Waals surface area contributed by atoms with Crippen molar-refractivity contribution >= 4 is 29.0 Å². The van der Waals surface area contributed by atoms with Gasteiger partial charge in [-0.1, -0.05) is 54.1 Å². The minimum atomic E-state index is -0.315. The van der Waals surface area contributed by atoms with E-state index in [2.05, 4.69) is 5.32 Å². The van der Waals surface area contributed by atoms with E-state index in [0.29, 0.717) is 33.1 Å². The first kappa shape index (κ1) is 17.7. The zero-order chi connectivity index (χ0) is 18.5. The van der Waals surface area contributed by atoms with Gasteiger partial charge in [0.05, 0.1) is 12.8 Å². The van der Waals surface area contributed by atoms with Crippen LogP contribution in [0.2, 0.25) is 5.02 Å². The van der Waals surface area contributed by atoms with Crippen LogP contribution in [0.15, 0.2) is 72.8 Å². The number of hydrogen-bond donors (Lipinski definition) is 1. The summed E-state index contributed by atoms with van der Waals surface area (Å²) < 4.78 is 5.22. The molecule has 5 heteroatoms. The monoisotopic (exact) mass is 365 g/mol. The number of ketones is 1. The van der Waals surface area contributed by atoms with Crippen LogP contribution in [0.5, 0.6) is 5.75 Å². The molecule has 4 nitrogen and oxygen atoms in total. The van der Waals surface area contributed by atoms with Crippen molar-refractivity contribution in [2.45, 2.75) is 0 Å². The number of methoxy groups -OCH3 is 1. The summed E-state index contributed by atoms with van der Waals surface area (Å²) in [4.78, 5) is 24.9. The molecule has 3 aromatic rings. The molecule has 0 fully saturated rings. The molecule has 26 heavy (non-hydrogen) atoms. The van der Waals surface area contributed by atoms with Gasteiger partial charge in [-0.3, -0.25) is 9.59 Å². The smallest absolute Gasteiger partial charge is 0.255 e. The fraction of sp³-hybridized carbons (Fsp3) is 0.0476. The first-order valence-corrected chi connectivity index (χ1v) is 8.31. The number of amides is 1. The second kappa shape index (κ2) is 7.85. The lowest BCUT2D eigenvalue weighted by Crippen LogP contribution is -2.13. The summed E-state index contributed by atoms with van der Waals surface area (Å²) in [7, 11) is 1.52. The Labute approximate surface area is 156 Å². The topological polar surface area (TPSA) is 55.4 Å². The van der Waals surface area contributed by atoms with E-state index in [4.69, 9.17) is 16.3 Å². The van der Waals surface area contributed by atoms with Gasteiger partial charge in [-0.05, 0) is 30.3 Å². The first-order valence-electron chi connectivity index (χ1n) is 7.93. The Bertz CT molecular complexity index is 937. The average molecular weight is 366 g/mol. The molecule has 0 aliphatic carbocycles. The zero-order valence-electron chi connectivity index (χ0n) is 14.0. The number of ether oxygens (including phenoxy) is 1. The summed E-state index contributed by atoms with van der Waals surface area (Å²) in [5.74, 6) is 0.108. The molecule has 3 aromatic carbocycles. The van der Waals surface area contributed by atoms with Crippen LogP contribution in [0, 0.1) is 0 Å². The highest BCUT2D eigenvalue weighted by Crippen LogP contribution is 2.28. The van der Waals surface area contributed by atoms with Gasteiger partial charge in [-0.2, -0.15) is 0 Å². The Morgan fingerprint density at radius 2 is 1.46 bits per heavy atom. The lowest BCUT2D eigenvalue weighted by Gasteiger charge is -2.11. The van der Waals surface area contributed by atoms with Crippen molar-refractivity contribution in [2.24, 2.45) is 0 Å². The number of rotatable bonds is 5. The van der Waals surface area contributed by atoms with Gasteiger partial charge in [0, 0.05) is 21.7 Å². The predicted octanol–water partition coefficient (Wildman–Crippen LogP) is 4.83. The summed E-state index contributed by atoms with van der Waals surface area (Å²) in [6.07, 6.45) is 0. The Morgan fingerprint density at radius 3 is 2.12 bits per heavy atom. The van der Waals surface area contributed by atoms with Crippen molar-refractivity contribution in [1.29, 1.82) is 0 Å². The van der Waals surface area contributed by atoms with Gasteiger partial charge in [0.2, 0.25) is 0 Å². The number of benzene rings is 3. The van der Waals surface area contributed by atoms with E-state index in [1.807, 2.05) is 18.2 Å². The lowest BCUT2D eigenvalue weighted by atomic mass is 10.0. The third-order valence-electron chi connectivity index (χ3n) is 3.85. The normalized spacial score (nSPS) is 10.2. The van der Waals surface area contributed by atoms with Gasteiger partial charge < -0.3 is 10.1 Å². The minimum absolute atomic E-state index is 0.0888. The van der Waals surface area contributed by atoms with Crippen molar-refractivity contribution in [3.05, 3.63) is 94.5 Å². The number of halogens is 1. The molecule has 0 unspecified atom stereocenters. The van der Waals surface area contributed by atoms with Gasteiger partial charge in [-0.25, -0.2) is 0 Å². The Kier molecular flexibility index (Phi) is 5.34. The SMILES string of the molecule is COc1ccc(Cl)cc1NC(=O)c1ccc(C(=O)c2ccccc2)cc1. The molecule has 0 saturated heterocycles. The number of nitrogens with one attached hydrogen (secondary N) is 1. The molecule has 1 amide bonds. The summed E-state index contributed by atoms with van der Waals surface area (Å²) >= 11 is 5.97. The van der Waals surface area contributed by atoms with Crippen molar-refractivity contribution in [1.82, 2.24) is 0 Å². The molecule has 1 N–H and O–H groups in total. The second-order valence-corrected chi connectivity index (χ2v) is 6.01. The largest absolute Gasteiger partial charge is 0.495 e. The highest BCUT2D eigenvalue weighted by molar-refractivity contribution is 6.31. The van der Waals surface area contributed by atoms with Crippen LogP contribution >= 0.6 is 11.6 Å². The van der Waals surface area contributed by atoms with Gasteiger partial charge >= 0.3 is 0 Å². The molecule has 0 saturated carbocycles. The molecular formula is C21H16ClNO3. The summed E-state index contributed by atoms with van der Waals surface area (Å²) in [6, 6.07) is 20.5. The first-order chi connectivity index (χ1) is 12.6. The van der Waals surface area contributed by atoms with Crippen LogP contribution in [0.25, 0.3) is 0 Å². The molecule has 0 bridgehead atoms. The Hall–Kier alpha value is -3.11. The van der Waals surface area contributed by atoms with Crippen molar-refractivity contribution < 1.29 is 14.3 Å². The highest BCUT2D eigenvalue weighted by Gasteiger charge is 2.13. The van der Waals surface area contributed by atoms with Gasteiger partial charge in [0.15, 0.2) is 5.78 Å². The van der Waals surface area contributed by atoms with Gasteiger partial charge in [0.25, 0.3) is 5.91 Å². The van der Waals surface area contributed by atoms with E-state index < -0.39 is 0 Å². The maximum Gasteiger partial charge on any atom is 0.255 e. The Morgan fingerprint density at radius 1 is 0.846 bits per heavy atom. The van der Waals surface area contributed by atoms with Crippen LogP contribution in [-0.4, -0.2) is 18.8 Å². The molecule has 130 valence electrons. The third kappa shape index (κ3) is 3.92. The summed E-state index contributed by atoms with van der Waals surface area (Å²) in [6.45, 7) is 0. The maximum atomic E-state index is 12.4. The van der Waals surface area contributed by atoms with Crippen molar-refractivity contribution in [3.63, 3.8) is 0 Å². The highest BCUT2D eigenvalue weighted by atomic mass is 35.5. The molecule has 0 spiro atoms. The number of anilines is 1. The molecule has 0 aliphatic rings. The molecule has 0 radical (unpaired) electrons. The molecule has 0 atom stereocenters.